The Kier molecular flexibility index (Phi) is 7.18. The summed E-state index contributed by atoms with van der Waals surface area (Å²) in [6.45, 7) is 3.61. The van der Waals surface area contributed by atoms with Crippen LogP contribution in [-0.2, 0) is 6.42 Å². The second-order valence-electron chi connectivity index (χ2n) is 6.98. The first-order chi connectivity index (χ1) is 15.6. The van der Waals surface area contributed by atoms with Crippen LogP contribution in [0.15, 0.2) is 36.5 Å². The van der Waals surface area contributed by atoms with Crippen molar-refractivity contribution in [2.24, 2.45) is 0 Å². The molecule has 0 fully saturated rings. The highest BCUT2D eigenvalue weighted by molar-refractivity contribution is 6.31. The van der Waals surface area contributed by atoms with Crippen LogP contribution in [0, 0.1) is 11.3 Å². The summed E-state index contributed by atoms with van der Waals surface area (Å²) in [7, 11) is 0. The summed E-state index contributed by atoms with van der Waals surface area (Å²) in [6, 6.07) is 7.58. The second kappa shape index (κ2) is 9.87. The van der Waals surface area contributed by atoms with Crippen molar-refractivity contribution in [3.63, 3.8) is 0 Å². The Morgan fingerprint density at radius 1 is 1.33 bits per heavy atom. The van der Waals surface area contributed by atoms with Crippen molar-refractivity contribution in [3.05, 3.63) is 64.3 Å². The maximum absolute atomic E-state index is 12.7. The van der Waals surface area contributed by atoms with E-state index >= 15 is 0 Å². The van der Waals surface area contributed by atoms with Crippen molar-refractivity contribution in [2.45, 2.75) is 39.1 Å². The molecule has 172 valence electrons. The molecule has 0 aliphatic rings. The van der Waals surface area contributed by atoms with E-state index in [-0.39, 0.29) is 10.6 Å². The molecule has 3 rings (SSSR count). The normalized spacial score (nSPS) is 12.2. The lowest BCUT2D eigenvalue weighted by atomic mass is 10.2. The average molecular weight is 479 g/mol. The van der Waals surface area contributed by atoms with Gasteiger partial charge >= 0.3 is 6.36 Å². The highest BCUT2D eigenvalue weighted by atomic mass is 35.5. The van der Waals surface area contributed by atoms with Crippen LogP contribution < -0.4 is 10.1 Å². The Morgan fingerprint density at radius 3 is 2.70 bits per heavy atom. The molecule has 0 spiro atoms. The number of nitrogens with zero attached hydrogens (tertiary/aromatic N) is 5. The van der Waals surface area contributed by atoms with Crippen LogP contribution in [0.5, 0.6) is 5.75 Å². The predicted molar refractivity (Wildman–Crippen MR) is 112 cm³/mol. The largest absolute Gasteiger partial charge is 0.573 e. The maximum atomic E-state index is 12.7. The minimum atomic E-state index is -4.92. The third-order valence-electron chi connectivity index (χ3n) is 4.35. The molecule has 12 heteroatoms. The zero-order valence-electron chi connectivity index (χ0n) is 17.5. The molecule has 2 heterocycles. The van der Waals surface area contributed by atoms with Gasteiger partial charge in [0.15, 0.2) is 17.5 Å². The molecule has 0 saturated heterocycles. The summed E-state index contributed by atoms with van der Waals surface area (Å²) in [4.78, 5) is 21.4. The van der Waals surface area contributed by atoms with E-state index in [0.29, 0.717) is 29.5 Å². The number of rotatable bonds is 7. The minimum Gasteiger partial charge on any atom is -0.406 e. The number of amides is 1. The number of hydrogen-bond acceptors (Lipinski definition) is 6. The van der Waals surface area contributed by atoms with Crippen molar-refractivity contribution >= 4 is 17.5 Å². The monoisotopic (exact) mass is 478 g/mol. The second-order valence-corrected chi connectivity index (χ2v) is 7.42. The summed E-state index contributed by atoms with van der Waals surface area (Å²) in [5, 5.41) is 16.0. The number of carbonyl (C=O) groups excluding carboxylic acids is 1. The number of halogens is 4. The quantitative estimate of drug-likeness (QED) is 0.535. The molecular formula is C21H18ClF3N6O2. The number of aryl methyl sites for hydroxylation is 1. The standard InChI is InChI=1S/C21H18ClF3N6O2/c1-3-4-17-29-19(31(30-17)18-6-5-13(10-26)11-27-18)12(2)28-20(32)14-7-15(22)9-16(8-14)33-21(23,24)25/h5-9,11-12H,3-4H2,1-2H3,(H,28,32)/t12-/m0/s1. The summed E-state index contributed by atoms with van der Waals surface area (Å²) < 4.78 is 43.0. The van der Waals surface area contributed by atoms with Gasteiger partial charge in [0.1, 0.15) is 11.8 Å². The molecule has 0 unspecified atom stereocenters. The fourth-order valence-electron chi connectivity index (χ4n) is 2.96. The van der Waals surface area contributed by atoms with E-state index in [1.54, 1.807) is 19.1 Å². The molecule has 3 aromatic rings. The zero-order valence-corrected chi connectivity index (χ0v) is 18.3. The molecule has 0 radical (unpaired) electrons. The van der Waals surface area contributed by atoms with Crippen LogP contribution in [0.2, 0.25) is 5.02 Å². The van der Waals surface area contributed by atoms with Crippen molar-refractivity contribution in [2.75, 3.05) is 0 Å². The molecule has 33 heavy (non-hydrogen) atoms. The number of pyridine rings is 1. The van der Waals surface area contributed by atoms with E-state index in [2.05, 4.69) is 25.1 Å². The van der Waals surface area contributed by atoms with Gasteiger partial charge in [-0.15, -0.1) is 18.3 Å². The van der Waals surface area contributed by atoms with E-state index < -0.39 is 24.1 Å². The van der Waals surface area contributed by atoms with Gasteiger partial charge in [0.25, 0.3) is 5.91 Å². The Hall–Kier alpha value is -3.65. The van der Waals surface area contributed by atoms with Gasteiger partial charge in [0, 0.05) is 23.2 Å². The molecule has 0 bridgehead atoms. The molecule has 0 aliphatic carbocycles. The fraction of sp³-hybridized carbons (Fsp3) is 0.286. The van der Waals surface area contributed by atoms with E-state index in [1.165, 1.54) is 16.9 Å². The first-order valence-electron chi connectivity index (χ1n) is 9.79. The van der Waals surface area contributed by atoms with Crippen molar-refractivity contribution in [1.82, 2.24) is 25.1 Å². The molecule has 1 N–H and O–H groups in total. The van der Waals surface area contributed by atoms with E-state index in [9.17, 15) is 18.0 Å². The van der Waals surface area contributed by atoms with Gasteiger partial charge in [0.2, 0.25) is 0 Å². The summed E-state index contributed by atoms with van der Waals surface area (Å²) in [6.07, 6.45) is -2.16. The molecule has 0 saturated carbocycles. The summed E-state index contributed by atoms with van der Waals surface area (Å²) in [5.41, 5.74) is 0.248. The average Bonchev–Trinajstić information content (AvgIpc) is 3.16. The lowest BCUT2D eigenvalue weighted by Gasteiger charge is -2.15. The first-order valence-corrected chi connectivity index (χ1v) is 10.2. The Morgan fingerprint density at radius 2 is 2.09 bits per heavy atom. The smallest absolute Gasteiger partial charge is 0.406 e. The Labute approximate surface area is 192 Å². The number of ether oxygens (including phenoxy) is 1. The number of benzene rings is 1. The van der Waals surface area contributed by atoms with Crippen molar-refractivity contribution in [1.29, 1.82) is 5.26 Å². The third-order valence-corrected chi connectivity index (χ3v) is 4.56. The van der Waals surface area contributed by atoms with Gasteiger partial charge in [-0.25, -0.2) is 9.97 Å². The molecule has 8 nitrogen and oxygen atoms in total. The van der Waals surface area contributed by atoms with Gasteiger partial charge in [0.05, 0.1) is 11.6 Å². The SMILES string of the molecule is CCCc1nc([C@H](C)NC(=O)c2cc(Cl)cc(OC(F)(F)F)c2)n(-c2ccc(C#N)cn2)n1. The maximum Gasteiger partial charge on any atom is 0.573 e. The number of nitrogens with one attached hydrogen (secondary N) is 1. The first kappa shape index (κ1) is 24.0. The third kappa shape index (κ3) is 6.20. The fourth-order valence-corrected chi connectivity index (χ4v) is 3.18. The molecule has 1 amide bonds. The number of hydrogen-bond donors (Lipinski definition) is 1. The van der Waals surface area contributed by atoms with E-state index in [0.717, 1.165) is 18.6 Å². The number of aromatic nitrogens is 4. The van der Waals surface area contributed by atoms with Gasteiger partial charge in [-0.3, -0.25) is 4.79 Å². The molecule has 1 atom stereocenters. The topological polar surface area (TPSA) is 106 Å². The van der Waals surface area contributed by atoms with Gasteiger partial charge in [-0.1, -0.05) is 18.5 Å². The van der Waals surface area contributed by atoms with Crippen LogP contribution in [-0.4, -0.2) is 32.0 Å². The van der Waals surface area contributed by atoms with Crippen LogP contribution in [0.25, 0.3) is 5.82 Å². The molecule has 0 aliphatic heterocycles. The molecular weight excluding hydrogens is 461 g/mol. The number of alkyl halides is 3. The predicted octanol–water partition coefficient (Wildman–Crippen LogP) is 4.53. The molecule has 2 aromatic heterocycles. The van der Waals surface area contributed by atoms with Crippen LogP contribution in [0.1, 0.15) is 53.9 Å². The zero-order chi connectivity index (χ0) is 24.2. The van der Waals surface area contributed by atoms with Crippen molar-refractivity contribution < 1.29 is 22.7 Å². The lowest BCUT2D eigenvalue weighted by Crippen LogP contribution is -2.29. The van der Waals surface area contributed by atoms with Gasteiger partial charge < -0.3 is 10.1 Å². The van der Waals surface area contributed by atoms with E-state index in [1.807, 2.05) is 13.0 Å². The Bertz CT molecular complexity index is 1190. The highest BCUT2D eigenvalue weighted by Gasteiger charge is 2.31. The molecule has 1 aromatic carbocycles. The van der Waals surface area contributed by atoms with Crippen LogP contribution in [0.4, 0.5) is 13.2 Å². The van der Waals surface area contributed by atoms with Gasteiger partial charge in [-0.2, -0.15) is 9.94 Å². The van der Waals surface area contributed by atoms with Crippen LogP contribution in [0.3, 0.4) is 0 Å². The highest BCUT2D eigenvalue weighted by Crippen LogP contribution is 2.27. The summed E-state index contributed by atoms with van der Waals surface area (Å²) >= 11 is 5.86. The van der Waals surface area contributed by atoms with Crippen molar-refractivity contribution in [3.8, 4) is 17.6 Å². The summed E-state index contributed by atoms with van der Waals surface area (Å²) in [5.74, 6) is -0.0101. The Balaban J connectivity index is 1.88. The van der Waals surface area contributed by atoms with Gasteiger partial charge in [-0.05, 0) is 43.7 Å². The van der Waals surface area contributed by atoms with E-state index in [4.69, 9.17) is 16.9 Å². The van der Waals surface area contributed by atoms with Crippen LogP contribution >= 0.6 is 11.6 Å². The number of nitriles is 1. The minimum absolute atomic E-state index is 0.0928. The number of carbonyl (C=O) groups is 1. The lowest BCUT2D eigenvalue weighted by molar-refractivity contribution is -0.274.